The maximum atomic E-state index is 13.0. The highest BCUT2D eigenvalue weighted by Crippen LogP contribution is 2.32. The standard InChI is InChI=1S/C13H16F4N2O/c1-8(2)19-12(20)5-6-18-9-3-4-11(14)10(7-9)13(15,16)17/h3-4,7-8,18H,5-6H2,1-2H3,(H,19,20). The van der Waals surface area contributed by atoms with Crippen molar-refractivity contribution in [3.05, 3.63) is 29.6 Å². The minimum atomic E-state index is -4.74. The van der Waals surface area contributed by atoms with Crippen LogP contribution in [0, 0.1) is 5.82 Å². The van der Waals surface area contributed by atoms with E-state index in [4.69, 9.17) is 0 Å². The number of hydrogen-bond acceptors (Lipinski definition) is 2. The van der Waals surface area contributed by atoms with E-state index in [0.29, 0.717) is 6.07 Å². The van der Waals surface area contributed by atoms with Gasteiger partial charge in [-0.3, -0.25) is 4.79 Å². The molecule has 1 rings (SSSR count). The second-order valence-electron chi connectivity index (χ2n) is 4.59. The molecule has 112 valence electrons. The van der Waals surface area contributed by atoms with Crippen LogP contribution in [0.25, 0.3) is 0 Å². The van der Waals surface area contributed by atoms with Gasteiger partial charge in [0.2, 0.25) is 5.91 Å². The molecule has 3 nitrogen and oxygen atoms in total. The summed E-state index contributed by atoms with van der Waals surface area (Å²) < 4.78 is 50.5. The maximum absolute atomic E-state index is 13.0. The minimum absolute atomic E-state index is 0.00477. The van der Waals surface area contributed by atoms with Gasteiger partial charge in [0.25, 0.3) is 0 Å². The molecular weight excluding hydrogens is 276 g/mol. The van der Waals surface area contributed by atoms with E-state index in [1.54, 1.807) is 13.8 Å². The number of anilines is 1. The SMILES string of the molecule is CC(C)NC(=O)CCNc1ccc(F)c(C(F)(F)F)c1. The molecule has 0 aliphatic rings. The van der Waals surface area contributed by atoms with Crippen LogP contribution >= 0.6 is 0 Å². The van der Waals surface area contributed by atoms with Crippen LogP contribution in [-0.4, -0.2) is 18.5 Å². The first-order chi connectivity index (χ1) is 9.20. The molecule has 20 heavy (non-hydrogen) atoms. The molecule has 0 heterocycles. The van der Waals surface area contributed by atoms with Crippen molar-refractivity contribution in [2.45, 2.75) is 32.5 Å². The summed E-state index contributed by atoms with van der Waals surface area (Å²) in [5, 5.41) is 5.32. The number of nitrogens with one attached hydrogen (secondary N) is 2. The monoisotopic (exact) mass is 292 g/mol. The van der Waals surface area contributed by atoms with E-state index in [1.807, 2.05) is 0 Å². The molecule has 0 atom stereocenters. The van der Waals surface area contributed by atoms with E-state index in [9.17, 15) is 22.4 Å². The Labute approximate surface area is 114 Å². The molecule has 0 fully saturated rings. The van der Waals surface area contributed by atoms with Crippen LogP contribution < -0.4 is 10.6 Å². The lowest BCUT2D eigenvalue weighted by molar-refractivity contribution is -0.140. The van der Waals surface area contributed by atoms with Gasteiger partial charge in [0.05, 0.1) is 5.56 Å². The fraction of sp³-hybridized carbons (Fsp3) is 0.462. The molecule has 7 heteroatoms. The van der Waals surface area contributed by atoms with Crippen molar-refractivity contribution < 1.29 is 22.4 Å². The Morgan fingerprint density at radius 1 is 1.30 bits per heavy atom. The summed E-state index contributed by atoms with van der Waals surface area (Å²) in [5.41, 5.74) is -1.20. The maximum Gasteiger partial charge on any atom is 0.419 e. The molecule has 0 aliphatic heterocycles. The van der Waals surface area contributed by atoms with Crippen LogP contribution in [-0.2, 0) is 11.0 Å². The van der Waals surface area contributed by atoms with Gasteiger partial charge in [0.1, 0.15) is 5.82 Å². The van der Waals surface area contributed by atoms with E-state index in [2.05, 4.69) is 10.6 Å². The number of amides is 1. The average Bonchev–Trinajstić information content (AvgIpc) is 2.28. The van der Waals surface area contributed by atoms with E-state index in [-0.39, 0.29) is 30.6 Å². The third-order valence-electron chi connectivity index (χ3n) is 2.40. The van der Waals surface area contributed by atoms with Gasteiger partial charge in [0, 0.05) is 24.7 Å². The summed E-state index contributed by atoms with van der Waals surface area (Å²) in [6.07, 6.45) is -4.62. The molecule has 0 saturated heterocycles. The largest absolute Gasteiger partial charge is 0.419 e. The van der Waals surface area contributed by atoms with Crippen molar-refractivity contribution in [3.63, 3.8) is 0 Å². The van der Waals surface area contributed by atoms with Crippen molar-refractivity contribution in [3.8, 4) is 0 Å². The van der Waals surface area contributed by atoms with Crippen molar-refractivity contribution in [1.82, 2.24) is 5.32 Å². The number of carbonyl (C=O) groups is 1. The molecule has 0 aromatic heterocycles. The van der Waals surface area contributed by atoms with Crippen LogP contribution in [0.3, 0.4) is 0 Å². The lowest BCUT2D eigenvalue weighted by Crippen LogP contribution is -2.31. The van der Waals surface area contributed by atoms with Crippen molar-refractivity contribution in [1.29, 1.82) is 0 Å². The van der Waals surface area contributed by atoms with Gasteiger partial charge in [-0.15, -0.1) is 0 Å². The number of rotatable bonds is 5. The summed E-state index contributed by atoms with van der Waals surface area (Å²) in [6.45, 7) is 3.78. The number of benzene rings is 1. The number of alkyl halides is 3. The highest BCUT2D eigenvalue weighted by Gasteiger charge is 2.34. The quantitative estimate of drug-likeness (QED) is 0.818. The van der Waals surface area contributed by atoms with Crippen molar-refractivity contribution in [2.24, 2.45) is 0 Å². The van der Waals surface area contributed by atoms with Crippen LogP contribution in [0.5, 0.6) is 0 Å². The van der Waals surface area contributed by atoms with Gasteiger partial charge in [-0.1, -0.05) is 0 Å². The second-order valence-corrected chi connectivity index (χ2v) is 4.59. The molecule has 0 spiro atoms. The Hall–Kier alpha value is -1.79. The molecular formula is C13H16F4N2O. The molecule has 1 amide bonds. The van der Waals surface area contributed by atoms with Gasteiger partial charge >= 0.3 is 6.18 Å². The zero-order valence-electron chi connectivity index (χ0n) is 11.1. The zero-order chi connectivity index (χ0) is 15.3. The van der Waals surface area contributed by atoms with Gasteiger partial charge in [-0.25, -0.2) is 4.39 Å². The van der Waals surface area contributed by atoms with E-state index >= 15 is 0 Å². The third kappa shape index (κ3) is 5.07. The van der Waals surface area contributed by atoms with Crippen LogP contribution in [0.2, 0.25) is 0 Å². The first-order valence-corrected chi connectivity index (χ1v) is 6.10. The number of halogens is 4. The smallest absolute Gasteiger partial charge is 0.385 e. The number of hydrogen-bond donors (Lipinski definition) is 2. The summed E-state index contributed by atoms with van der Waals surface area (Å²) in [5.74, 6) is -1.52. The Balaban J connectivity index is 2.59. The summed E-state index contributed by atoms with van der Waals surface area (Å²) >= 11 is 0. The van der Waals surface area contributed by atoms with Crippen molar-refractivity contribution in [2.75, 3.05) is 11.9 Å². The first-order valence-electron chi connectivity index (χ1n) is 6.10. The first kappa shape index (κ1) is 16.3. The van der Waals surface area contributed by atoms with Gasteiger partial charge < -0.3 is 10.6 Å². The van der Waals surface area contributed by atoms with Gasteiger partial charge in [-0.2, -0.15) is 13.2 Å². The van der Waals surface area contributed by atoms with Gasteiger partial charge in [0.15, 0.2) is 0 Å². The van der Waals surface area contributed by atoms with Crippen LogP contribution in [0.4, 0.5) is 23.2 Å². The number of carbonyl (C=O) groups excluding carboxylic acids is 1. The molecule has 1 aromatic carbocycles. The summed E-state index contributed by atoms with van der Waals surface area (Å²) in [4.78, 5) is 11.3. The zero-order valence-corrected chi connectivity index (χ0v) is 11.1. The lowest BCUT2D eigenvalue weighted by Gasteiger charge is -2.12. The normalized spacial score (nSPS) is 11.6. The van der Waals surface area contributed by atoms with Crippen molar-refractivity contribution >= 4 is 11.6 Å². The Kier molecular flexibility index (Phi) is 5.35. The highest BCUT2D eigenvalue weighted by atomic mass is 19.4. The molecule has 1 aromatic rings. The lowest BCUT2D eigenvalue weighted by atomic mass is 10.1. The van der Waals surface area contributed by atoms with Crippen LogP contribution in [0.15, 0.2) is 18.2 Å². The summed E-state index contributed by atoms with van der Waals surface area (Å²) in [7, 11) is 0. The summed E-state index contributed by atoms with van der Waals surface area (Å²) in [6, 6.07) is 2.64. The molecule has 0 unspecified atom stereocenters. The molecule has 0 saturated carbocycles. The predicted molar refractivity (Wildman–Crippen MR) is 67.8 cm³/mol. The molecule has 0 radical (unpaired) electrons. The molecule has 2 N–H and O–H groups in total. The fourth-order valence-electron chi connectivity index (χ4n) is 1.57. The fourth-order valence-corrected chi connectivity index (χ4v) is 1.57. The predicted octanol–water partition coefficient (Wildman–Crippen LogP) is 3.17. The van der Waals surface area contributed by atoms with E-state index < -0.39 is 17.6 Å². The minimum Gasteiger partial charge on any atom is -0.385 e. The third-order valence-corrected chi connectivity index (χ3v) is 2.40. The molecule has 0 bridgehead atoms. The van der Waals surface area contributed by atoms with E-state index in [1.165, 1.54) is 6.07 Å². The Morgan fingerprint density at radius 2 is 1.95 bits per heavy atom. The van der Waals surface area contributed by atoms with Gasteiger partial charge in [-0.05, 0) is 32.0 Å². The Morgan fingerprint density at radius 3 is 2.50 bits per heavy atom. The topological polar surface area (TPSA) is 41.1 Å². The second kappa shape index (κ2) is 6.58. The average molecular weight is 292 g/mol. The van der Waals surface area contributed by atoms with E-state index in [0.717, 1.165) is 6.07 Å². The molecule has 0 aliphatic carbocycles. The Bertz CT molecular complexity index is 472. The highest BCUT2D eigenvalue weighted by molar-refractivity contribution is 5.76. The van der Waals surface area contributed by atoms with Crippen LogP contribution in [0.1, 0.15) is 25.8 Å².